The molecule has 148 valence electrons. The Kier molecular flexibility index (Phi) is 6.92. The summed E-state index contributed by atoms with van der Waals surface area (Å²) in [5.41, 5.74) is 0.00617. The van der Waals surface area contributed by atoms with E-state index >= 15 is 0 Å². The van der Waals surface area contributed by atoms with Gasteiger partial charge in [0.1, 0.15) is 11.4 Å². The molecule has 1 aromatic carbocycles. The van der Waals surface area contributed by atoms with Crippen LogP contribution in [0.5, 0.6) is 0 Å². The summed E-state index contributed by atoms with van der Waals surface area (Å²) in [4.78, 5) is 35.5. The molecule has 1 aromatic rings. The minimum Gasteiger partial charge on any atom is -0.454 e. The van der Waals surface area contributed by atoms with Crippen molar-refractivity contribution in [3.05, 3.63) is 29.8 Å². The molecule has 9 nitrogen and oxygen atoms in total. The molecular formula is C17H22N2O7S. The second-order valence-electron chi connectivity index (χ2n) is 6.10. The maximum atomic E-state index is 12.3. The molecule has 0 saturated carbocycles. The molecule has 0 unspecified atom stereocenters. The van der Waals surface area contributed by atoms with Crippen molar-refractivity contribution in [2.45, 2.75) is 31.3 Å². The number of hydrogen-bond donors (Lipinski definition) is 1. The number of hydrogen-bond acceptors (Lipinski definition) is 7. The molecule has 0 fully saturated rings. The summed E-state index contributed by atoms with van der Waals surface area (Å²) in [6.07, 6.45) is 0.716. The Hall–Kier alpha value is -2.46. The van der Waals surface area contributed by atoms with Crippen molar-refractivity contribution < 1.29 is 32.3 Å². The molecule has 0 bridgehead atoms. The van der Waals surface area contributed by atoms with Gasteiger partial charge in [0.2, 0.25) is 0 Å². The summed E-state index contributed by atoms with van der Waals surface area (Å²) in [6, 6.07) is 5.69. The van der Waals surface area contributed by atoms with Gasteiger partial charge in [0, 0.05) is 13.2 Å². The first-order valence-corrected chi connectivity index (χ1v) is 9.87. The zero-order valence-electron chi connectivity index (χ0n) is 15.1. The zero-order chi connectivity index (χ0) is 20.0. The van der Waals surface area contributed by atoms with Crippen molar-refractivity contribution in [2.24, 2.45) is 0 Å². The molecule has 2 rings (SSSR count). The van der Waals surface area contributed by atoms with E-state index in [4.69, 9.17) is 9.47 Å². The molecule has 1 aliphatic heterocycles. The first-order chi connectivity index (χ1) is 12.7. The SMILES string of the molecule is CC(C)OCCCNC(=O)COC(=O)CN1C(=O)c2ccccc2S1(=O)=O. The summed E-state index contributed by atoms with van der Waals surface area (Å²) in [5, 5.41) is 2.55. The maximum absolute atomic E-state index is 12.3. The minimum absolute atomic E-state index is 0.00617. The second kappa shape index (κ2) is 8.96. The Labute approximate surface area is 157 Å². The highest BCUT2D eigenvalue weighted by atomic mass is 32.2. The fourth-order valence-corrected chi connectivity index (χ4v) is 3.88. The summed E-state index contributed by atoms with van der Waals surface area (Å²) < 4.78 is 35.2. The van der Waals surface area contributed by atoms with Crippen molar-refractivity contribution in [1.82, 2.24) is 9.62 Å². The van der Waals surface area contributed by atoms with Crippen LogP contribution in [0.25, 0.3) is 0 Å². The molecule has 0 aliphatic carbocycles. The topological polar surface area (TPSA) is 119 Å². The highest BCUT2D eigenvalue weighted by Crippen LogP contribution is 2.29. The molecule has 0 aromatic heterocycles. The van der Waals surface area contributed by atoms with Crippen molar-refractivity contribution in [1.29, 1.82) is 0 Å². The third-order valence-corrected chi connectivity index (χ3v) is 5.43. The Bertz CT molecular complexity index is 820. The Morgan fingerprint density at radius 2 is 1.93 bits per heavy atom. The fourth-order valence-electron chi connectivity index (χ4n) is 2.37. The number of nitrogens with one attached hydrogen (secondary N) is 1. The number of nitrogens with zero attached hydrogens (tertiary/aromatic N) is 1. The zero-order valence-corrected chi connectivity index (χ0v) is 16.0. The number of ether oxygens (including phenoxy) is 2. The monoisotopic (exact) mass is 398 g/mol. The number of rotatable bonds is 9. The number of fused-ring (bicyclic) bond motifs is 1. The molecule has 27 heavy (non-hydrogen) atoms. The molecule has 0 saturated heterocycles. The largest absolute Gasteiger partial charge is 0.454 e. The van der Waals surface area contributed by atoms with E-state index in [1.54, 1.807) is 0 Å². The highest BCUT2D eigenvalue weighted by molar-refractivity contribution is 7.90. The number of esters is 1. The molecule has 1 aliphatic rings. The average Bonchev–Trinajstić information content (AvgIpc) is 2.81. The van der Waals surface area contributed by atoms with Crippen molar-refractivity contribution in [3.63, 3.8) is 0 Å². The predicted octanol–water partition coefficient (Wildman–Crippen LogP) is 0.306. The summed E-state index contributed by atoms with van der Waals surface area (Å²) in [6.45, 7) is 3.32. The predicted molar refractivity (Wildman–Crippen MR) is 94.3 cm³/mol. The van der Waals surface area contributed by atoms with Crippen LogP contribution in [0.15, 0.2) is 29.2 Å². The van der Waals surface area contributed by atoms with E-state index in [1.165, 1.54) is 24.3 Å². The van der Waals surface area contributed by atoms with Gasteiger partial charge in [-0.15, -0.1) is 0 Å². The van der Waals surface area contributed by atoms with Gasteiger partial charge < -0.3 is 14.8 Å². The van der Waals surface area contributed by atoms with E-state index in [9.17, 15) is 22.8 Å². The lowest BCUT2D eigenvalue weighted by atomic mass is 10.2. The Balaban J connectivity index is 1.78. The van der Waals surface area contributed by atoms with Crippen LogP contribution < -0.4 is 5.32 Å². The third-order valence-electron chi connectivity index (χ3n) is 3.64. The lowest BCUT2D eigenvalue weighted by molar-refractivity contribution is -0.148. The average molecular weight is 398 g/mol. The summed E-state index contributed by atoms with van der Waals surface area (Å²) in [7, 11) is -4.09. The van der Waals surface area contributed by atoms with Crippen molar-refractivity contribution >= 4 is 27.8 Å². The van der Waals surface area contributed by atoms with E-state index < -0.39 is 41.0 Å². The van der Waals surface area contributed by atoms with Gasteiger partial charge in [0.25, 0.3) is 21.8 Å². The number of carbonyl (C=O) groups is 3. The fraction of sp³-hybridized carbons (Fsp3) is 0.471. The van der Waals surface area contributed by atoms with Crippen LogP contribution in [0.3, 0.4) is 0 Å². The van der Waals surface area contributed by atoms with E-state index in [-0.39, 0.29) is 16.6 Å². The molecule has 1 heterocycles. The van der Waals surface area contributed by atoms with Gasteiger partial charge >= 0.3 is 5.97 Å². The Morgan fingerprint density at radius 1 is 1.22 bits per heavy atom. The lowest BCUT2D eigenvalue weighted by Gasteiger charge is -2.14. The van der Waals surface area contributed by atoms with Crippen LogP contribution >= 0.6 is 0 Å². The van der Waals surface area contributed by atoms with Crippen LogP contribution in [0, 0.1) is 0 Å². The smallest absolute Gasteiger partial charge is 0.327 e. The molecule has 1 N–H and O–H groups in total. The Morgan fingerprint density at radius 3 is 2.59 bits per heavy atom. The number of carbonyl (C=O) groups excluding carboxylic acids is 3. The van der Waals surface area contributed by atoms with Crippen LogP contribution in [0.2, 0.25) is 0 Å². The quantitative estimate of drug-likeness (QED) is 0.469. The lowest BCUT2D eigenvalue weighted by Crippen LogP contribution is -2.37. The van der Waals surface area contributed by atoms with Gasteiger partial charge in [0.05, 0.1) is 11.7 Å². The van der Waals surface area contributed by atoms with Crippen LogP contribution in [0.4, 0.5) is 0 Å². The van der Waals surface area contributed by atoms with Crippen molar-refractivity contribution in [3.8, 4) is 0 Å². The first kappa shape index (κ1) is 20.8. The first-order valence-electron chi connectivity index (χ1n) is 8.43. The third kappa shape index (κ3) is 5.27. The van der Waals surface area contributed by atoms with E-state index in [2.05, 4.69) is 5.32 Å². The molecule has 10 heteroatoms. The second-order valence-corrected chi connectivity index (χ2v) is 7.93. The normalized spacial score (nSPS) is 14.9. The van der Waals surface area contributed by atoms with Gasteiger partial charge in [-0.05, 0) is 32.4 Å². The number of benzene rings is 1. The summed E-state index contributed by atoms with van der Waals surface area (Å²) >= 11 is 0. The molecule has 0 atom stereocenters. The van der Waals surface area contributed by atoms with E-state index in [1.807, 2.05) is 13.8 Å². The maximum Gasteiger partial charge on any atom is 0.327 e. The van der Waals surface area contributed by atoms with Crippen LogP contribution in [-0.2, 0) is 29.1 Å². The molecule has 2 amide bonds. The van der Waals surface area contributed by atoms with Gasteiger partial charge in [-0.25, -0.2) is 12.7 Å². The van der Waals surface area contributed by atoms with Gasteiger partial charge in [-0.2, -0.15) is 0 Å². The molecular weight excluding hydrogens is 376 g/mol. The summed E-state index contributed by atoms with van der Waals surface area (Å²) in [5.74, 6) is -2.30. The van der Waals surface area contributed by atoms with Gasteiger partial charge in [-0.3, -0.25) is 14.4 Å². The van der Waals surface area contributed by atoms with Gasteiger partial charge in [-0.1, -0.05) is 12.1 Å². The van der Waals surface area contributed by atoms with Crippen LogP contribution in [0.1, 0.15) is 30.6 Å². The number of sulfonamides is 1. The van der Waals surface area contributed by atoms with E-state index in [0.29, 0.717) is 23.9 Å². The molecule has 0 radical (unpaired) electrons. The minimum atomic E-state index is -4.09. The van der Waals surface area contributed by atoms with E-state index in [0.717, 1.165) is 0 Å². The standard InChI is InChI=1S/C17H22N2O7S/c1-12(2)25-9-5-8-18-15(20)11-26-16(21)10-19-17(22)13-6-3-4-7-14(13)27(19,23)24/h3-4,6-7,12H,5,8-11H2,1-2H3,(H,18,20). The van der Waals surface area contributed by atoms with Crippen LogP contribution in [-0.4, -0.2) is 62.9 Å². The van der Waals surface area contributed by atoms with Crippen molar-refractivity contribution in [2.75, 3.05) is 26.3 Å². The highest BCUT2D eigenvalue weighted by Gasteiger charge is 2.42. The number of amides is 2. The van der Waals surface area contributed by atoms with Gasteiger partial charge in [0.15, 0.2) is 6.61 Å². The molecule has 0 spiro atoms.